The van der Waals surface area contributed by atoms with Crippen LogP contribution < -0.4 is 0 Å². The number of hydrogen-bond donors (Lipinski definition) is 2. The third-order valence-corrected chi connectivity index (χ3v) is 4.53. The molecule has 0 aliphatic rings. The Morgan fingerprint density at radius 3 is 2.04 bits per heavy atom. The van der Waals surface area contributed by atoms with Gasteiger partial charge in [-0.1, -0.05) is 36.4 Å². The van der Waals surface area contributed by atoms with E-state index >= 15 is 0 Å². The van der Waals surface area contributed by atoms with Crippen molar-refractivity contribution in [1.82, 2.24) is 15.0 Å². The van der Waals surface area contributed by atoms with Crippen LogP contribution in [0.4, 0.5) is 0 Å². The van der Waals surface area contributed by atoms with Gasteiger partial charge in [-0.15, -0.1) is 0 Å². The molecule has 0 atom stereocenters. The standard InChI is InChI=1S/C21H15N3/c1-3-15(17-6-8-20-21(12-17)24-13-23-20)4-2-14(1)16-5-7-19-18(11-16)9-10-22-19/h1-13,22H,(H,23,24). The average molecular weight is 309 g/mol. The van der Waals surface area contributed by atoms with Gasteiger partial charge in [-0.05, 0) is 58.0 Å². The van der Waals surface area contributed by atoms with Crippen LogP contribution in [0.15, 0.2) is 79.3 Å². The van der Waals surface area contributed by atoms with Crippen molar-refractivity contribution in [3.05, 3.63) is 79.3 Å². The molecule has 114 valence electrons. The topological polar surface area (TPSA) is 44.5 Å². The molecule has 0 saturated heterocycles. The molecular weight excluding hydrogens is 294 g/mol. The number of imidazole rings is 1. The van der Waals surface area contributed by atoms with Gasteiger partial charge in [-0.3, -0.25) is 0 Å². The highest BCUT2D eigenvalue weighted by Gasteiger charge is 2.04. The highest BCUT2D eigenvalue weighted by molar-refractivity contribution is 5.86. The third-order valence-electron chi connectivity index (χ3n) is 4.53. The van der Waals surface area contributed by atoms with Crippen molar-refractivity contribution in [3.8, 4) is 22.3 Å². The molecule has 2 aromatic heterocycles. The number of benzene rings is 3. The zero-order valence-corrected chi connectivity index (χ0v) is 13.0. The maximum Gasteiger partial charge on any atom is 0.0931 e. The summed E-state index contributed by atoms with van der Waals surface area (Å²) in [4.78, 5) is 10.7. The van der Waals surface area contributed by atoms with Crippen molar-refractivity contribution < 1.29 is 0 Å². The first-order valence-electron chi connectivity index (χ1n) is 7.98. The number of aromatic nitrogens is 3. The van der Waals surface area contributed by atoms with Gasteiger partial charge in [0.05, 0.1) is 17.4 Å². The maximum atomic E-state index is 4.34. The van der Waals surface area contributed by atoms with Gasteiger partial charge in [0.25, 0.3) is 0 Å². The van der Waals surface area contributed by atoms with E-state index in [2.05, 4.69) is 81.7 Å². The lowest BCUT2D eigenvalue weighted by Crippen LogP contribution is -1.81. The van der Waals surface area contributed by atoms with E-state index in [0.717, 1.165) is 11.0 Å². The van der Waals surface area contributed by atoms with Crippen LogP contribution in [-0.4, -0.2) is 15.0 Å². The van der Waals surface area contributed by atoms with Crippen LogP contribution in [0.2, 0.25) is 0 Å². The molecule has 24 heavy (non-hydrogen) atoms. The highest BCUT2D eigenvalue weighted by atomic mass is 14.9. The van der Waals surface area contributed by atoms with Gasteiger partial charge in [-0.25, -0.2) is 4.98 Å². The molecule has 0 aliphatic heterocycles. The lowest BCUT2D eigenvalue weighted by atomic mass is 9.99. The Hall–Kier alpha value is -3.33. The number of rotatable bonds is 2. The third kappa shape index (κ3) is 2.10. The predicted octanol–water partition coefficient (Wildman–Crippen LogP) is 5.38. The molecule has 3 nitrogen and oxygen atoms in total. The average Bonchev–Trinajstić information content (AvgIpc) is 3.29. The largest absolute Gasteiger partial charge is 0.361 e. The Morgan fingerprint density at radius 1 is 0.583 bits per heavy atom. The molecule has 3 aromatic carbocycles. The van der Waals surface area contributed by atoms with Gasteiger partial charge >= 0.3 is 0 Å². The van der Waals surface area contributed by atoms with Gasteiger partial charge in [0, 0.05) is 11.7 Å². The zero-order chi connectivity index (χ0) is 15.9. The van der Waals surface area contributed by atoms with Crippen molar-refractivity contribution in [2.75, 3.05) is 0 Å². The molecule has 3 heteroatoms. The van der Waals surface area contributed by atoms with Crippen molar-refractivity contribution in [2.45, 2.75) is 0 Å². The van der Waals surface area contributed by atoms with Gasteiger partial charge in [0.1, 0.15) is 0 Å². The van der Waals surface area contributed by atoms with Crippen LogP contribution in [0.1, 0.15) is 0 Å². The van der Waals surface area contributed by atoms with E-state index in [9.17, 15) is 0 Å². The molecule has 2 N–H and O–H groups in total. The monoisotopic (exact) mass is 309 g/mol. The Balaban J connectivity index is 1.53. The normalized spacial score (nSPS) is 11.3. The Kier molecular flexibility index (Phi) is 2.79. The van der Waals surface area contributed by atoms with E-state index in [-0.39, 0.29) is 0 Å². The smallest absolute Gasteiger partial charge is 0.0931 e. The molecular formula is C21H15N3. The molecule has 0 unspecified atom stereocenters. The van der Waals surface area contributed by atoms with Gasteiger partial charge in [0.15, 0.2) is 0 Å². The van der Waals surface area contributed by atoms with Crippen LogP contribution in [0.25, 0.3) is 44.2 Å². The SMILES string of the molecule is c1cc2cc(-c3ccc(-c4ccc5[nH]cnc5c4)cc3)ccc2[nH]1. The number of nitrogens with zero attached hydrogens (tertiary/aromatic N) is 1. The van der Waals surface area contributed by atoms with Gasteiger partial charge < -0.3 is 9.97 Å². The van der Waals surface area contributed by atoms with Crippen molar-refractivity contribution >= 4 is 21.9 Å². The Labute approximate surface area is 139 Å². The van der Waals surface area contributed by atoms with Crippen LogP contribution in [-0.2, 0) is 0 Å². The van der Waals surface area contributed by atoms with Crippen molar-refractivity contribution in [3.63, 3.8) is 0 Å². The van der Waals surface area contributed by atoms with Crippen LogP contribution in [0.3, 0.4) is 0 Å². The quantitative estimate of drug-likeness (QED) is 0.452. The summed E-state index contributed by atoms with van der Waals surface area (Å²) in [6.07, 6.45) is 3.71. The Bertz CT molecular complexity index is 1050. The Morgan fingerprint density at radius 2 is 1.25 bits per heavy atom. The van der Waals surface area contributed by atoms with E-state index in [4.69, 9.17) is 0 Å². The second kappa shape index (κ2) is 5.10. The first-order valence-corrected chi connectivity index (χ1v) is 7.98. The van der Waals surface area contributed by atoms with Crippen LogP contribution in [0, 0.1) is 0 Å². The fourth-order valence-corrected chi connectivity index (χ4v) is 3.20. The first-order chi connectivity index (χ1) is 11.9. The van der Waals surface area contributed by atoms with E-state index in [1.807, 2.05) is 6.20 Å². The molecule has 0 spiro atoms. The number of H-pyrrole nitrogens is 2. The van der Waals surface area contributed by atoms with Gasteiger partial charge in [0.2, 0.25) is 0 Å². The molecule has 0 amide bonds. The number of fused-ring (bicyclic) bond motifs is 2. The second-order valence-electron chi connectivity index (χ2n) is 5.99. The summed E-state index contributed by atoms with van der Waals surface area (Å²) >= 11 is 0. The molecule has 0 bridgehead atoms. The van der Waals surface area contributed by atoms with Crippen molar-refractivity contribution in [2.24, 2.45) is 0 Å². The van der Waals surface area contributed by atoms with Crippen LogP contribution >= 0.6 is 0 Å². The van der Waals surface area contributed by atoms with Gasteiger partial charge in [-0.2, -0.15) is 0 Å². The summed E-state index contributed by atoms with van der Waals surface area (Å²) in [5.74, 6) is 0. The summed E-state index contributed by atoms with van der Waals surface area (Å²) < 4.78 is 0. The predicted molar refractivity (Wildman–Crippen MR) is 98.8 cm³/mol. The molecule has 0 saturated carbocycles. The minimum atomic E-state index is 0.995. The van der Waals surface area contributed by atoms with Crippen molar-refractivity contribution in [1.29, 1.82) is 0 Å². The minimum Gasteiger partial charge on any atom is -0.361 e. The molecule has 0 radical (unpaired) electrons. The number of aromatic amines is 2. The lowest BCUT2D eigenvalue weighted by molar-refractivity contribution is 1.34. The molecule has 2 heterocycles. The van der Waals surface area contributed by atoms with E-state index < -0.39 is 0 Å². The summed E-state index contributed by atoms with van der Waals surface area (Å²) in [7, 11) is 0. The molecule has 0 fully saturated rings. The zero-order valence-electron chi connectivity index (χ0n) is 13.0. The molecule has 0 aliphatic carbocycles. The number of nitrogens with one attached hydrogen (secondary N) is 2. The summed E-state index contributed by atoms with van der Waals surface area (Å²) in [5.41, 5.74) is 8.07. The minimum absolute atomic E-state index is 0.995. The summed E-state index contributed by atoms with van der Waals surface area (Å²) in [5, 5.41) is 1.24. The summed E-state index contributed by atoms with van der Waals surface area (Å²) in [6.45, 7) is 0. The first kappa shape index (κ1) is 13.1. The lowest BCUT2D eigenvalue weighted by Gasteiger charge is -2.06. The highest BCUT2D eigenvalue weighted by Crippen LogP contribution is 2.28. The second-order valence-corrected chi connectivity index (χ2v) is 5.99. The fraction of sp³-hybridized carbons (Fsp3) is 0. The fourth-order valence-electron chi connectivity index (χ4n) is 3.20. The van der Waals surface area contributed by atoms with E-state index in [0.29, 0.717) is 0 Å². The van der Waals surface area contributed by atoms with Crippen LogP contribution in [0.5, 0.6) is 0 Å². The summed E-state index contributed by atoms with van der Waals surface area (Å²) in [6, 6.07) is 23.6. The molecule has 5 aromatic rings. The maximum absolute atomic E-state index is 4.34. The van der Waals surface area contributed by atoms with E-state index in [1.54, 1.807) is 6.33 Å². The number of hydrogen-bond acceptors (Lipinski definition) is 1. The molecule has 5 rings (SSSR count). The van der Waals surface area contributed by atoms with E-state index in [1.165, 1.54) is 33.2 Å².